The summed E-state index contributed by atoms with van der Waals surface area (Å²) in [7, 11) is 0. The number of fused-ring (bicyclic) bond motifs is 4. The Morgan fingerprint density at radius 1 is 0.265 bits per heavy atom. The molecule has 2 aliphatic heterocycles. The molecule has 0 unspecified atom stereocenters. The van der Waals surface area contributed by atoms with Gasteiger partial charge in [-0.25, -0.2) is 0 Å². The largest absolute Gasteiger partial charge is 0.376 e. The van der Waals surface area contributed by atoms with Gasteiger partial charge < -0.3 is 14.6 Å². The van der Waals surface area contributed by atoms with Crippen molar-refractivity contribution in [2.45, 2.75) is 6.92 Å². The molecule has 0 spiro atoms. The van der Waals surface area contributed by atoms with Crippen LogP contribution < -0.4 is 25.5 Å². The lowest BCUT2D eigenvalue weighted by atomic mass is 9.43. The maximum absolute atomic E-state index is 2.64. The number of rotatable bonds is 11. The second-order valence-corrected chi connectivity index (χ2v) is 21.7. The van der Waals surface area contributed by atoms with Gasteiger partial charge in [0.05, 0.1) is 0 Å². The Kier molecular flexibility index (Phi) is 12.5. The predicted molar refractivity (Wildman–Crippen MR) is 352 cm³/mol. The molecule has 3 nitrogen and oxygen atoms in total. The lowest BCUT2D eigenvalue weighted by Crippen LogP contribution is -2.61. The monoisotopic (exact) mass is 1060 g/mol. The van der Waals surface area contributed by atoms with Crippen LogP contribution in [0.3, 0.4) is 0 Å². The van der Waals surface area contributed by atoms with Crippen molar-refractivity contribution in [2.75, 3.05) is 14.6 Å². The van der Waals surface area contributed by atoms with Crippen LogP contribution in [0, 0.1) is 6.92 Å². The molecule has 0 aromatic heterocycles. The zero-order valence-electron chi connectivity index (χ0n) is 46.0. The first-order valence-corrected chi connectivity index (χ1v) is 28.7. The molecule has 0 saturated heterocycles. The van der Waals surface area contributed by atoms with Crippen LogP contribution in [-0.4, -0.2) is 6.85 Å². The third-order valence-corrected chi connectivity index (χ3v) is 16.7. The Hall–Kier alpha value is -10.7. The minimum Gasteiger partial charge on any atom is -0.376 e. The second-order valence-electron chi connectivity index (χ2n) is 21.7. The highest BCUT2D eigenvalue weighted by Crippen LogP contribution is 2.51. The van der Waals surface area contributed by atoms with Crippen LogP contribution in [0.15, 0.2) is 322 Å². The van der Waals surface area contributed by atoms with E-state index in [9.17, 15) is 0 Å². The Balaban J connectivity index is 1.01. The molecule has 390 valence electrons. The molecule has 0 aliphatic carbocycles. The number of hydrogen-bond donors (Lipinski definition) is 0. The quantitative estimate of drug-likeness (QED) is 0.120. The molecule has 0 radical (unpaired) electrons. The number of nitrogens with zero attached hydrogens (tertiary/aromatic N) is 3. The van der Waals surface area contributed by atoms with Crippen molar-refractivity contribution in [2.24, 2.45) is 0 Å². The third-order valence-electron chi connectivity index (χ3n) is 16.7. The molecule has 0 atom stereocenters. The van der Waals surface area contributed by atoms with Gasteiger partial charge in [0.15, 0.2) is 0 Å². The average Bonchev–Trinajstić information content (AvgIpc) is 2.86. The fourth-order valence-electron chi connectivity index (χ4n) is 12.7. The van der Waals surface area contributed by atoms with E-state index in [0.717, 1.165) is 45.5 Å². The summed E-state index contributed by atoms with van der Waals surface area (Å²) in [5.41, 5.74) is 29.1. The summed E-state index contributed by atoms with van der Waals surface area (Å²) in [6.07, 6.45) is 0. The number of aryl methyl sites for hydroxylation is 1. The van der Waals surface area contributed by atoms with Crippen LogP contribution in [0.1, 0.15) is 5.56 Å². The van der Waals surface area contributed by atoms with Crippen LogP contribution in [-0.2, 0) is 0 Å². The minimum absolute atomic E-state index is 0.260. The number of hydrogen-bond acceptors (Lipinski definition) is 3. The summed E-state index contributed by atoms with van der Waals surface area (Å²) in [5.74, 6) is 0. The standard InChI is InChI=1S/C79H56BN3/c1-55-49-65(59-27-14-5-15-28-59)39-46-75(55)82-77-48-45-70(81(68-41-35-62(36-42-68)56-21-8-2-9-22-56)69-43-37-63(38-44-69)57-23-10-3-11-24-57)54-74(77)80-79-73(52-67(53-78(79)82)61-31-18-7-19-32-61)72-51-66(60-29-16-6-17-30-60)40-47-76(72)83(80)71-34-20-33-64(50-71)58-25-12-4-13-26-58/h2-54H,1H3. The van der Waals surface area contributed by atoms with Crippen molar-refractivity contribution < 1.29 is 0 Å². The van der Waals surface area contributed by atoms with Crippen LogP contribution in [0.25, 0.3) is 77.9 Å². The third kappa shape index (κ3) is 9.08. The second kappa shape index (κ2) is 21.1. The first kappa shape index (κ1) is 49.4. The maximum Gasteiger partial charge on any atom is 0.333 e. The van der Waals surface area contributed by atoms with Crippen molar-refractivity contribution in [3.05, 3.63) is 327 Å². The Bertz CT molecular complexity index is 4390. The zero-order chi connectivity index (χ0) is 55.2. The van der Waals surface area contributed by atoms with Gasteiger partial charge in [-0.3, -0.25) is 0 Å². The van der Waals surface area contributed by atoms with Gasteiger partial charge >= 0.3 is 6.85 Å². The van der Waals surface area contributed by atoms with Gasteiger partial charge in [0, 0.05) is 51.1 Å². The van der Waals surface area contributed by atoms with Crippen LogP contribution in [0.5, 0.6) is 0 Å². The van der Waals surface area contributed by atoms with E-state index in [1.807, 2.05) is 0 Å². The number of benzene rings is 13. The Morgan fingerprint density at radius 2 is 0.651 bits per heavy atom. The van der Waals surface area contributed by atoms with Gasteiger partial charge in [0.25, 0.3) is 0 Å². The zero-order valence-corrected chi connectivity index (χ0v) is 46.0. The van der Waals surface area contributed by atoms with Gasteiger partial charge in [-0.1, -0.05) is 231 Å². The molecular formula is C79H56BN3. The molecule has 13 aromatic rings. The molecule has 0 saturated carbocycles. The van der Waals surface area contributed by atoms with Crippen molar-refractivity contribution in [3.63, 3.8) is 0 Å². The number of anilines is 8. The van der Waals surface area contributed by atoms with E-state index in [1.165, 1.54) is 94.4 Å². The smallest absolute Gasteiger partial charge is 0.333 e. The summed E-state index contributed by atoms with van der Waals surface area (Å²) in [5, 5.41) is 0. The highest BCUT2D eigenvalue weighted by Gasteiger charge is 2.46. The van der Waals surface area contributed by atoms with Crippen molar-refractivity contribution >= 4 is 63.3 Å². The summed E-state index contributed by atoms with van der Waals surface area (Å²) >= 11 is 0. The van der Waals surface area contributed by atoms with E-state index >= 15 is 0 Å². The molecule has 0 N–H and O–H groups in total. The predicted octanol–water partition coefficient (Wildman–Crippen LogP) is 20.2. The maximum atomic E-state index is 2.64. The SMILES string of the molecule is Cc1cc(-c2ccccc2)ccc1N1c2ccc(N(c3ccc(-c4ccccc4)cc3)c3ccc(-c4ccccc4)cc3)cc2B2c3c(cc(-c4ccccc4)cc31)-c1cc(-c3ccccc3)ccc1N2c1cccc(-c2ccccc2)c1. The molecule has 83 heavy (non-hydrogen) atoms. The normalized spacial score (nSPS) is 12.1. The van der Waals surface area contributed by atoms with Gasteiger partial charge in [-0.2, -0.15) is 0 Å². The van der Waals surface area contributed by atoms with Crippen LogP contribution >= 0.6 is 0 Å². The molecule has 15 rings (SSSR count). The van der Waals surface area contributed by atoms with E-state index in [0.29, 0.717) is 0 Å². The molecule has 2 heterocycles. The van der Waals surface area contributed by atoms with Gasteiger partial charge in [0.2, 0.25) is 0 Å². The van der Waals surface area contributed by atoms with Crippen LogP contribution in [0.4, 0.5) is 45.5 Å². The van der Waals surface area contributed by atoms with Gasteiger partial charge in [-0.05, 0) is 187 Å². The molecular weight excluding hydrogens is 1000 g/mol. The summed E-state index contributed by atoms with van der Waals surface area (Å²) in [4.78, 5) is 7.65. The highest BCUT2D eigenvalue weighted by molar-refractivity contribution is 6.93. The van der Waals surface area contributed by atoms with Crippen molar-refractivity contribution in [1.29, 1.82) is 0 Å². The lowest BCUT2D eigenvalue weighted by molar-refractivity contribution is 1.23. The van der Waals surface area contributed by atoms with Gasteiger partial charge in [0.1, 0.15) is 0 Å². The van der Waals surface area contributed by atoms with Crippen molar-refractivity contribution in [3.8, 4) is 77.9 Å². The lowest BCUT2D eigenvalue weighted by Gasteiger charge is -2.46. The molecule has 13 aromatic carbocycles. The van der Waals surface area contributed by atoms with E-state index in [1.54, 1.807) is 0 Å². The fourth-order valence-corrected chi connectivity index (χ4v) is 12.7. The summed E-state index contributed by atoms with van der Waals surface area (Å²) < 4.78 is 0. The first-order valence-electron chi connectivity index (χ1n) is 28.7. The Labute approximate surface area is 487 Å². The molecule has 2 aliphatic rings. The summed E-state index contributed by atoms with van der Waals surface area (Å²) in [6, 6.07) is 118. The molecule has 0 fully saturated rings. The van der Waals surface area contributed by atoms with E-state index in [4.69, 9.17) is 0 Å². The average molecular weight is 1060 g/mol. The highest BCUT2D eigenvalue weighted by atomic mass is 15.2. The Morgan fingerprint density at radius 3 is 1.16 bits per heavy atom. The van der Waals surface area contributed by atoms with Crippen LogP contribution in [0.2, 0.25) is 0 Å². The summed E-state index contributed by atoms with van der Waals surface area (Å²) in [6.45, 7) is 2.02. The fraction of sp³-hybridized carbons (Fsp3) is 0.0127. The molecule has 0 bridgehead atoms. The van der Waals surface area contributed by atoms with Gasteiger partial charge in [-0.15, -0.1) is 0 Å². The molecule has 4 heteroatoms. The topological polar surface area (TPSA) is 9.72 Å². The minimum atomic E-state index is -0.260. The van der Waals surface area contributed by atoms with E-state index in [2.05, 4.69) is 343 Å². The van der Waals surface area contributed by atoms with E-state index < -0.39 is 0 Å². The first-order chi connectivity index (χ1) is 41.1. The van der Waals surface area contributed by atoms with E-state index in [-0.39, 0.29) is 6.85 Å². The van der Waals surface area contributed by atoms with Crippen molar-refractivity contribution in [1.82, 2.24) is 0 Å². The molecule has 0 amide bonds.